The summed E-state index contributed by atoms with van der Waals surface area (Å²) < 4.78 is 0. The molecule has 6 nitrogen and oxygen atoms in total. The fourth-order valence-electron chi connectivity index (χ4n) is 2.01. The minimum absolute atomic E-state index is 0.0163. The van der Waals surface area contributed by atoms with Crippen molar-refractivity contribution in [3.8, 4) is 6.07 Å². The van der Waals surface area contributed by atoms with Crippen molar-refractivity contribution in [3.63, 3.8) is 0 Å². The number of aromatic nitrogens is 1. The molecule has 0 radical (unpaired) electrons. The van der Waals surface area contributed by atoms with Gasteiger partial charge in [0.25, 0.3) is 0 Å². The van der Waals surface area contributed by atoms with Crippen LogP contribution in [0.2, 0.25) is 5.15 Å². The first kappa shape index (κ1) is 13.3. The summed E-state index contributed by atoms with van der Waals surface area (Å²) in [6.07, 6.45) is 0.523. The van der Waals surface area contributed by atoms with Crippen LogP contribution in [0.3, 0.4) is 0 Å². The van der Waals surface area contributed by atoms with Gasteiger partial charge >= 0.3 is 0 Å². The smallest absolute Gasteiger partial charge is 0.249 e. The predicted octanol–water partition coefficient (Wildman–Crippen LogP) is 0.848. The highest BCUT2D eigenvalue weighted by molar-refractivity contribution is 6.29. The molecule has 1 aliphatic rings. The molecular formula is C12H11ClN4O2. The number of imide groups is 1. The molecule has 19 heavy (non-hydrogen) atoms. The average molecular weight is 279 g/mol. The minimum Gasteiger partial charge on any atom is -0.335 e. The van der Waals surface area contributed by atoms with Crippen molar-refractivity contribution >= 4 is 29.2 Å². The summed E-state index contributed by atoms with van der Waals surface area (Å²) in [5, 5.41) is 11.3. The first-order valence-electron chi connectivity index (χ1n) is 5.73. The third kappa shape index (κ3) is 2.66. The van der Waals surface area contributed by atoms with Crippen molar-refractivity contribution in [1.29, 1.82) is 5.26 Å². The lowest BCUT2D eigenvalue weighted by Crippen LogP contribution is -2.58. The summed E-state index contributed by atoms with van der Waals surface area (Å²) in [6.45, 7) is 1.85. The van der Waals surface area contributed by atoms with Crippen LogP contribution >= 0.6 is 11.6 Å². The maximum absolute atomic E-state index is 11.8. The number of rotatable bonds is 2. The molecule has 1 aromatic rings. The first-order chi connectivity index (χ1) is 9.05. The van der Waals surface area contributed by atoms with Crippen molar-refractivity contribution in [1.82, 2.24) is 10.3 Å². The monoisotopic (exact) mass is 278 g/mol. The standard InChI is InChI=1S/C12H11ClN4O2/c1-2-8-12(19)16-11(18)6-17(8)10-4-7(5-14)3-9(13)15-10/h3-4,8H,2,6H2,1H3,(H,16,18,19). The number of hydrogen-bond donors (Lipinski definition) is 1. The predicted molar refractivity (Wildman–Crippen MR) is 68.5 cm³/mol. The summed E-state index contributed by atoms with van der Waals surface area (Å²) in [5.74, 6) is -0.395. The molecule has 2 rings (SSSR count). The first-order valence-corrected chi connectivity index (χ1v) is 6.11. The van der Waals surface area contributed by atoms with Crippen LogP contribution in [0.4, 0.5) is 5.82 Å². The zero-order valence-corrected chi connectivity index (χ0v) is 10.9. The molecule has 1 aliphatic heterocycles. The van der Waals surface area contributed by atoms with Crippen LogP contribution in [-0.2, 0) is 9.59 Å². The zero-order chi connectivity index (χ0) is 14.0. The Morgan fingerprint density at radius 1 is 1.58 bits per heavy atom. The number of halogens is 1. The van der Waals surface area contributed by atoms with Crippen molar-refractivity contribution < 1.29 is 9.59 Å². The van der Waals surface area contributed by atoms with Crippen LogP contribution in [0, 0.1) is 11.3 Å². The van der Waals surface area contributed by atoms with E-state index in [1.54, 1.807) is 4.90 Å². The Balaban J connectivity index is 2.43. The van der Waals surface area contributed by atoms with Gasteiger partial charge in [0.2, 0.25) is 11.8 Å². The minimum atomic E-state index is -0.491. The number of nitrogens with zero attached hydrogens (tertiary/aromatic N) is 3. The van der Waals surface area contributed by atoms with Gasteiger partial charge < -0.3 is 4.90 Å². The highest BCUT2D eigenvalue weighted by Crippen LogP contribution is 2.22. The maximum atomic E-state index is 11.8. The molecule has 0 aromatic carbocycles. The van der Waals surface area contributed by atoms with Crippen LogP contribution < -0.4 is 10.2 Å². The number of carbonyl (C=O) groups is 2. The molecule has 98 valence electrons. The maximum Gasteiger partial charge on any atom is 0.249 e. The van der Waals surface area contributed by atoms with E-state index in [-0.39, 0.29) is 17.6 Å². The largest absolute Gasteiger partial charge is 0.335 e. The van der Waals surface area contributed by atoms with Crippen molar-refractivity contribution in [2.75, 3.05) is 11.4 Å². The SMILES string of the molecule is CCC1C(=O)NC(=O)CN1c1cc(C#N)cc(Cl)n1. The van der Waals surface area contributed by atoms with E-state index < -0.39 is 11.9 Å². The third-order valence-electron chi connectivity index (χ3n) is 2.85. The third-order valence-corrected chi connectivity index (χ3v) is 3.04. The molecule has 1 aromatic heterocycles. The summed E-state index contributed by atoms with van der Waals surface area (Å²) in [7, 11) is 0. The molecule has 0 saturated carbocycles. The lowest BCUT2D eigenvalue weighted by Gasteiger charge is -2.34. The molecule has 1 fully saturated rings. The second-order valence-electron chi connectivity index (χ2n) is 4.11. The van der Waals surface area contributed by atoms with Gasteiger partial charge in [-0.2, -0.15) is 5.26 Å². The molecule has 7 heteroatoms. The van der Waals surface area contributed by atoms with Gasteiger partial charge in [0, 0.05) is 0 Å². The Morgan fingerprint density at radius 3 is 2.95 bits per heavy atom. The fraction of sp³-hybridized carbons (Fsp3) is 0.333. The molecule has 0 spiro atoms. The molecule has 1 saturated heterocycles. The van der Waals surface area contributed by atoms with E-state index in [0.717, 1.165) is 0 Å². The van der Waals surface area contributed by atoms with Gasteiger partial charge in [-0.05, 0) is 18.6 Å². The van der Waals surface area contributed by atoms with Crippen LogP contribution in [0.5, 0.6) is 0 Å². The summed E-state index contributed by atoms with van der Waals surface area (Å²) >= 11 is 5.84. The zero-order valence-electron chi connectivity index (χ0n) is 10.2. The van der Waals surface area contributed by atoms with E-state index in [0.29, 0.717) is 17.8 Å². The van der Waals surface area contributed by atoms with Crippen LogP contribution in [-0.4, -0.2) is 29.4 Å². The van der Waals surface area contributed by atoms with Crippen LogP contribution in [0.1, 0.15) is 18.9 Å². The Bertz CT molecular complexity index is 582. The van der Waals surface area contributed by atoms with E-state index in [1.165, 1.54) is 12.1 Å². The molecule has 0 bridgehead atoms. The van der Waals surface area contributed by atoms with E-state index >= 15 is 0 Å². The molecule has 0 aliphatic carbocycles. The van der Waals surface area contributed by atoms with Gasteiger partial charge in [-0.15, -0.1) is 0 Å². The Labute approximate surface area is 115 Å². The van der Waals surface area contributed by atoms with Crippen LogP contribution in [0.15, 0.2) is 12.1 Å². The van der Waals surface area contributed by atoms with Gasteiger partial charge in [-0.25, -0.2) is 4.98 Å². The normalized spacial score (nSPS) is 19.0. The van der Waals surface area contributed by atoms with Gasteiger partial charge in [0.15, 0.2) is 0 Å². The lowest BCUT2D eigenvalue weighted by molar-refractivity contribution is -0.132. The topological polar surface area (TPSA) is 86.1 Å². The average Bonchev–Trinajstić information content (AvgIpc) is 2.37. The number of anilines is 1. The van der Waals surface area contributed by atoms with Gasteiger partial charge in [-0.3, -0.25) is 14.9 Å². The second kappa shape index (κ2) is 5.24. The highest BCUT2D eigenvalue weighted by Gasteiger charge is 2.33. The molecule has 1 N–H and O–H groups in total. The summed E-state index contributed by atoms with van der Waals surface area (Å²) in [5.41, 5.74) is 0.336. The Hall–Kier alpha value is -2.13. The van der Waals surface area contributed by atoms with E-state index in [4.69, 9.17) is 16.9 Å². The van der Waals surface area contributed by atoms with Crippen molar-refractivity contribution in [2.24, 2.45) is 0 Å². The molecule has 2 amide bonds. The number of hydrogen-bond acceptors (Lipinski definition) is 5. The molecule has 1 unspecified atom stereocenters. The quantitative estimate of drug-likeness (QED) is 0.640. The Kier molecular flexibility index (Phi) is 3.67. The Morgan fingerprint density at radius 2 is 2.32 bits per heavy atom. The molecule has 1 atom stereocenters. The summed E-state index contributed by atoms with van der Waals surface area (Å²) in [4.78, 5) is 28.9. The number of pyridine rings is 1. The van der Waals surface area contributed by atoms with Gasteiger partial charge in [-0.1, -0.05) is 18.5 Å². The van der Waals surface area contributed by atoms with E-state index in [1.807, 2.05) is 13.0 Å². The van der Waals surface area contributed by atoms with E-state index in [9.17, 15) is 9.59 Å². The molecular weight excluding hydrogens is 268 g/mol. The van der Waals surface area contributed by atoms with Crippen molar-refractivity contribution in [3.05, 3.63) is 22.8 Å². The van der Waals surface area contributed by atoms with E-state index in [2.05, 4.69) is 10.3 Å². The number of nitrogens with one attached hydrogen (secondary N) is 1. The second-order valence-corrected chi connectivity index (χ2v) is 4.50. The molecule has 2 heterocycles. The number of piperazine rings is 1. The number of amides is 2. The van der Waals surface area contributed by atoms with Gasteiger partial charge in [0.1, 0.15) is 17.0 Å². The van der Waals surface area contributed by atoms with Gasteiger partial charge in [0.05, 0.1) is 18.2 Å². The lowest BCUT2D eigenvalue weighted by atomic mass is 10.1. The number of nitriles is 1. The summed E-state index contributed by atoms with van der Waals surface area (Å²) in [6, 6.07) is 4.42. The fourth-order valence-corrected chi connectivity index (χ4v) is 2.21. The van der Waals surface area contributed by atoms with Crippen molar-refractivity contribution in [2.45, 2.75) is 19.4 Å². The number of carbonyl (C=O) groups excluding carboxylic acids is 2. The van der Waals surface area contributed by atoms with Crippen LogP contribution in [0.25, 0.3) is 0 Å². The highest BCUT2D eigenvalue weighted by atomic mass is 35.5.